The van der Waals surface area contributed by atoms with Crippen LogP contribution in [0.25, 0.3) is 0 Å². The fourth-order valence-electron chi connectivity index (χ4n) is 0.876. The Kier molecular flexibility index (Phi) is 7.35. The van der Waals surface area contributed by atoms with Gasteiger partial charge in [-0.3, -0.25) is 4.79 Å². The molecular formula is C9H19N3O3. The second-order valence-electron chi connectivity index (χ2n) is 2.99. The van der Waals surface area contributed by atoms with E-state index in [-0.39, 0.29) is 12.6 Å². The van der Waals surface area contributed by atoms with Crippen molar-refractivity contribution >= 4 is 12.0 Å². The zero-order valence-electron chi connectivity index (χ0n) is 9.50. The first-order valence-corrected chi connectivity index (χ1v) is 4.91. The number of nitrogens with zero attached hydrogens (tertiary/aromatic N) is 1. The molecule has 0 radical (unpaired) electrons. The van der Waals surface area contributed by atoms with Crippen LogP contribution in [0.2, 0.25) is 0 Å². The van der Waals surface area contributed by atoms with E-state index < -0.39 is 5.97 Å². The van der Waals surface area contributed by atoms with Gasteiger partial charge in [-0.1, -0.05) is 0 Å². The van der Waals surface area contributed by atoms with Crippen molar-refractivity contribution in [3.8, 4) is 0 Å². The first kappa shape index (κ1) is 13.7. The zero-order chi connectivity index (χ0) is 11.7. The van der Waals surface area contributed by atoms with Crippen molar-refractivity contribution in [1.82, 2.24) is 15.5 Å². The molecule has 0 atom stereocenters. The van der Waals surface area contributed by atoms with E-state index in [2.05, 4.69) is 15.4 Å². The summed E-state index contributed by atoms with van der Waals surface area (Å²) in [5, 5.41) is 5.39. The monoisotopic (exact) mass is 217 g/mol. The maximum atomic E-state index is 11.3. The van der Waals surface area contributed by atoms with E-state index in [1.54, 1.807) is 14.0 Å². The molecule has 0 unspecified atom stereocenters. The number of rotatable bonds is 6. The summed E-state index contributed by atoms with van der Waals surface area (Å²) in [6.07, 6.45) is 0. The van der Waals surface area contributed by atoms with Crippen molar-refractivity contribution in [1.29, 1.82) is 0 Å². The summed E-state index contributed by atoms with van der Waals surface area (Å²) in [5.41, 5.74) is 0. The molecule has 2 N–H and O–H groups in total. The molecule has 0 aromatic rings. The van der Waals surface area contributed by atoms with Gasteiger partial charge in [-0.15, -0.1) is 0 Å². The number of carbonyl (C=O) groups is 2. The summed E-state index contributed by atoms with van der Waals surface area (Å²) >= 11 is 0. The molecule has 0 saturated heterocycles. The zero-order valence-corrected chi connectivity index (χ0v) is 9.50. The fraction of sp³-hybridized carbons (Fsp3) is 0.778. The van der Waals surface area contributed by atoms with Gasteiger partial charge >= 0.3 is 12.0 Å². The molecule has 0 fully saturated rings. The van der Waals surface area contributed by atoms with E-state index >= 15 is 0 Å². The highest BCUT2D eigenvalue weighted by Gasteiger charge is 2.09. The van der Waals surface area contributed by atoms with E-state index in [1.165, 1.54) is 4.90 Å². The molecule has 2 amide bonds. The fourth-order valence-corrected chi connectivity index (χ4v) is 0.876. The van der Waals surface area contributed by atoms with Crippen LogP contribution < -0.4 is 10.6 Å². The number of hydrogen-bond donors (Lipinski definition) is 2. The van der Waals surface area contributed by atoms with Crippen LogP contribution in [0, 0.1) is 0 Å². The molecule has 0 aromatic heterocycles. The molecular weight excluding hydrogens is 198 g/mol. The lowest BCUT2D eigenvalue weighted by Gasteiger charge is -2.17. The summed E-state index contributed by atoms with van der Waals surface area (Å²) in [4.78, 5) is 23.7. The third-order valence-corrected chi connectivity index (χ3v) is 1.73. The first-order chi connectivity index (χ1) is 7.11. The second-order valence-corrected chi connectivity index (χ2v) is 2.99. The molecule has 15 heavy (non-hydrogen) atoms. The Morgan fingerprint density at radius 1 is 1.40 bits per heavy atom. The number of hydrogen-bond acceptors (Lipinski definition) is 4. The molecule has 88 valence electrons. The Labute approximate surface area is 90.0 Å². The van der Waals surface area contributed by atoms with Gasteiger partial charge in [0, 0.05) is 20.1 Å². The molecule has 6 heteroatoms. The minimum atomic E-state index is -0.423. The highest BCUT2D eigenvalue weighted by Crippen LogP contribution is 1.83. The number of nitrogens with one attached hydrogen (secondary N) is 2. The van der Waals surface area contributed by atoms with Crippen LogP contribution in [-0.4, -0.2) is 57.2 Å². The van der Waals surface area contributed by atoms with Gasteiger partial charge in [-0.05, 0) is 14.0 Å². The lowest BCUT2D eigenvalue weighted by atomic mass is 10.5. The summed E-state index contributed by atoms with van der Waals surface area (Å²) in [7, 11) is 3.47. The summed E-state index contributed by atoms with van der Waals surface area (Å²) in [5.74, 6) is -0.423. The third-order valence-electron chi connectivity index (χ3n) is 1.73. The van der Waals surface area contributed by atoms with Crippen LogP contribution in [0.4, 0.5) is 4.79 Å². The highest BCUT2D eigenvalue weighted by atomic mass is 16.5. The normalized spacial score (nSPS) is 9.53. The standard InChI is InChI=1S/C9H19N3O3/c1-4-15-8(13)7-11-9(14)12(3)6-5-10-2/h10H,4-7H2,1-3H3,(H,11,14). The Morgan fingerprint density at radius 3 is 2.60 bits per heavy atom. The molecule has 6 nitrogen and oxygen atoms in total. The van der Waals surface area contributed by atoms with Gasteiger partial charge in [0.25, 0.3) is 0 Å². The number of esters is 1. The van der Waals surface area contributed by atoms with Crippen LogP contribution in [0.3, 0.4) is 0 Å². The molecule has 0 saturated carbocycles. The lowest BCUT2D eigenvalue weighted by molar-refractivity contribution is -0.141. The van der Waals surface area contributed by atoms with Crippen molar-refractivity contribution in [3.05, 3.63) is 0 Å². The smallest absolute Gasteiger partial charge is 0.325 e. The topological polar surface area (TPSA) is 70.7 Å². The van der Waals surface area contributed by atoms with E-state index in [0.717, 1.165) is 0 Å². The van der Waals surface area contributed by atoms with Crippen molar-refractivity contribution in [2.45, 2.75) is 6.92 Å². The Bertz CT molecular complexity index is 209. The summed E-state index contributed by atoms with van der Waals surface area (Å²) in [6.45, 7) is 3.26. The van der Waals surface area contributed by atoms with Gasteiger partial charge in [0.1, 0.15) is 6.54 Å². The van der Waals surface area contributed by atoms with Gasteiger partial charge in [0.15, 0.2) is 0 Å². The number of urea groups is 1. The molecule has 0 bridgehead atoms. The average Bonchev–Trinajstić information content (AvgIpc) is 2.22. The maximum Gasteiger partial charge on any atom is 0.325 e. The van der Waals surface area contributed by atoms with Crippen molar-refractivity contribution < 1.29 is 14.3 Å². The van der Waals surface area contributed by atoms with Crippen LogP contribution in [-0.2, 0) is 9.53 Å². The van der Waals surface area contributed by atoms with Crippen molar-refractivity contribution in [3.63, 3.8) is 0 Å². The van der Waals surface area contributed by atoms with Gasteiger partial charge in [-0.2, -0.15) is 0 Å². The molecule has 0 heterocycles. The quantitative estimate of drug-likeness (QED) is 0.583. The van der Waals surface area contributed by atoms with Crippen LogP contribution in [0.5, 0.6) is 0 Å². The molecule has 0 aliphatic rings. The second kappa shape index (κ2) is 8.05. The molecule has 0 spiro atoms. The van der Waals surface area contributed by atoms with Crippen LogP contribution >= 0.6 is 0 Å². The Hall–Kier alpha value is -1.30. The Morgan fingerprint density at radius 2 is 2.07 bits per heavy atom. The average molecular weight is 217 g/mol. The predicted molar refractivity (Wildman–Crippen MR) is 56.6 cm³/mol. The van der Waals surface area contributed by atoms with E-state index in [9.17, 15) is 9.59 Å². The Balaban J connectivity index is 3.68. The highest BCUT2D eigenvalue weighted by molar-refractivity contribution is 5.80. The van der Waals surface area contributed by atoms with E-state index in [0.29, 0.717) is 19.7 Å². The van der Waals surface area contributed by atoms with Crippen molar-refractivity contribution in [2.75, 3.05) is 40.3 Å². The maximum absolute atomic E-state index is 11.3. The minimum Gasteiger partial charge on any atom is -0.465 e. The van der Waals surface area contributed by atoms with Crippen LogP contribution in [0.15, 0.2) is 0 Å². The number of carbonyl (C=O) groups excluding carboxylic acids is 2. The summed E-state index contributed by atoms with van der Waals surface area (Å²) in [6, 6.07) is -0.279. The van der Waals surface area contributed by atoms with Gasteiger partial charge in [0.05, 0.1) is 6.61 Å². The van der Waals surface area contributed by atoms with Crippen LogP contribution in [0.1, 0.15) is 6.92 Å². The predicted octanol–water partition coefficient (Wildman–Crippen LogP) is -0.590. The first-order valence-electron chi connectivity index (χ1n) is 4.91. The van der Waals surface area contributed by atoms with Gasteiger partial charge in [0.2, 0.25) is 0 Å². The van der Waals surface area contributed by atoms with E-state index in [4.69, 9.17) is 0 Å². The molecule has 0 aliphatic carbocycles. The van der Waals surface area contributed by atoms with Crippen molar-refractivity contribution in [2.24, 2.45) is 0 Å². The number of ether oxygens (including phenoxy) is 1. The minimum absolute atomic E-state index is 0.0867. The molecule has 0 aromatic carbocycles. The third kappa shape index (κ3) is 6.73. The van der Waals surface area contributed by atoms with Gasteiger partial charge in [-0.25, -0.2) is 4.79 Å². The largest absolute Gasteiger partial charge is 0.465 e. The molecule has 0 rings (SSSR count). The molecule has 0 aliphatic heterocycles. The van der Waals surface area contributed by atoms with E-state index in [1.807, 2.05) is 7.05 Å². The number of amides is 2. The van der Waals surface area contributed by atoms with Gasteiger partial charge < -0.3 is 20.3 Å². The number of likely N-dealkylation sites (N-methyl/N-ethyl adjacent to an activating group) is 2. The summed E-state index contributed by atoms with van der Waals surface area (Å²) < 4.78 is 4.67. The lowest BCUT2D eigenvalue weighted by Crippen LogP contribution is -2.42. The SMILES string of the molecule is CCOC(=O)CNC(=O)N(C)CCNC.